The predicted octanol–water partition coefficient (Wildman–Crippen LogP) is 14.6. The maximum absolute atomic E-state index is 4.29. The van der Waals surface area contributed by atoms with Crippen molar-refractivity contribution in [3.8, 4) is 39.1 Å². The number of allylic oxidation sites excluding steroid dienone is 5. The Morgan fingerprint density at radius 2 is 1.05 bits per heavy atom. The Labute approximate surface area is 320 Å². The van der Waals surface area contributed by atoms with Crippen molar-refractivity contribution in [2.75, 3.05) is 0 Å². The van der Waals surface area contributed by atoms with E-state index < -0.39 is 0 Å². The minimum absolute atomic E-state index is 1.03. The van der Waals surface area contributed by atoms with Crippen LogP contribution in [0.3, 0.4) is 0 Å². The predicted molar refractivity (Wildman–Crippen MR) is 237 cm³/mol. The topological polar surface area (TPSA) is 9.86 Å². The van der Waals surface area contributed by atoms with E-state index in [-0.39, 0.29) is 0 Å². The summed E-state index contributed by atoms with van der Waals surface area (Å²) in [5.41, 5.74) is 14.0. The Hall–Kier alpha value is -7.16. The Kier molecular flexibility index (Phi) is 7.89. The minimum atomic E-state index is 1.03. The van der Waals surface area contributed by atoms with Crippen LogP contribution in [0.1, 0.15) is 6.92 Å². The largest absolute Gasteiger partial charge is 0.307 e. The zero-order valence-corrected chi connectivity index (χ0v) is 30.7. The van der Waals surface area contributed by atoms with Gasteiger partial charge in [-0.3, -0.25) is 0 Å². The van der Waals surface area contributed by atoms with E-state index in [0.717, 1.165) is 16.9 Å². The first-order valence-corrected chi connectivity index (χ1v) is 18.9. The van der Waals surface area contributed by atoms with E-state index in [1.807, 2.05) is 13.0 Å². The second-order valence-corrected chi connectivity index (χ2v) is 14.1. The molecule has 260 valence electrons. The van der Waals surface area contributed by atoms with Gasteiger partial charge in [0.2, 0.25) is 0 Å². The molecular formula is C53H38N2. The molecule has 8 aromatic carbocycles. The summed E-state index contributed by atoms with van der Waals surface area (Å²) < 4.78 is 4.87. The number of fused-ring (bicyclic) bond motifs is 9. The monoisotopic (exact) mass is 702 g/mol. The Bertz CT molecular complexity index is 3080. The number of aromatic nitrogens is 2. The van der Waals surface area contributed by atoms with Crippen molar-refractivity contribution in [2.45, 2.75) is 6.92 Å². The zero-order chi connectivity index (χ0) is 36.9. The third-order valence-electron chi connectivity index (χ3n) is 11.0. The van der Waals surface area contributed by atoms with E-state index in [2.05, 4.69) is 210 Å². The molecule has 0 spiro atoms. The lowest BCUT2D eigenvalue weighted by atomic mass is 9.93. The smallest absolute Gasteiger partial charge is 0.0789 e. The van der Waals surface area contributed by atoms with Crippen molar-refractivity contribution in [3.63, 3.8) is 0 Å². The van der Waals surface area contributed by atoms with Gasteiger partial charge in [0.1, 0.15) is 0 Å². The van der Waals surface area contributed by atoms with Crippen LogP contribution >= 0.6 is 0 Å². The molecule has 0 aliphatic rings. The molecule has 10 rings (SSSR count). The quantitative estimate of drug-likeness (QED) is 0.146. The van der Waals surface area contributed by atoms with Gasteiger partial charge in [0.25, 0.3) is 0 Å². The highest BCUT2D eigenvalue weighted by Gasteiger charge is 2.22. The van der Waals surface area contributed by atoms with E-state index in [0.29, 0.717) is 0 Å². The van der Waals surface area contributed by atoms with E-state index in [1.165, 1.54) is 82.2 Å². The summed E-state index contributed by atoms with van der Waals surface area (Å²) in [5, 5.41) is 7.41. The summed E-state index contributed by atoms with van der Waals surface area (Å²) in [4.78, 5) is 0. The molecule has 0 atom stereocenters. The fourth-order valence-electron chi connectivity index (χ4n) is 8.47. The highest BCUT2D eigenvalue weighted by molar-refractivity contribution is 6.28. The van der Waals surface area contributed by atoms with E-state index in [9.17, 15) is 0 Å². The first-order valence-electron chi connectivity index (χ1n) is 18.9. The van der Waals surface area contributed by atoms with Crippen LogP contribution in [-0.2, 0) is 0 Å². The summed E-state index contributed by atoms with van der Waals surface area (Å²) in [6.45, 7) is 6.34. The second kappa shape index (κ2) is 13.4. The molecule has 10 aromatic rings. The summed E-state index contributed by atoms with van der Waals surface area (Å²) in [6.07, 6.45) is 8.28. The van der Waals surface area contributed by atoms with Crippen LogP contribution < -0.4 is 0 Å². The number of hydrogen-bond donors (Lipinski definition) is 0. The number of rotatable bonds is 7. The van der Waals surface area contributed by atoms with Crippen LogP contribution in [0.2, 0.25) is 0 Å². The van der Waals surface area contributed by atoms with Gasteiger partial charge in [0, 0.05) is 32.9 Å². The van der Waals surface area contributed by atoms with Crippen molar-refractivity contribution in [1.82, 2.24) is 9.13 Å². The normalized spacial score (nSPS) is 12.2. The van der Waals surface area contributed by atoms with E-state index >= 15 is 0 Å². The average Bonchev–Trinajstić information content (AvgIpc) is 3.78. The Balaban J connectivity index is 1.26. The van der Waals surface area contributed by atoms with Crippen LogP contribution in [0, 0.1) is 0 Å². The molecule has 2 heterocycles. The summed E-state index contributed by atoms with van der Waals surface area (Å²) in [5.74, 6) is 0. The molecule has 0 saturated carbocycles. The van der Waals surface area contributed by atoms with Crippen molar-refractivity contribution in [3.05, 3.63) is 207 Å². The summed E-state index contributed by atoms with van der Waals surface area (Å²) >= 11 is 0. The van der Waals surface area contributed by atoms with Gasteiger partial charge in [-0.2, -0.15) is 0 Å². The lowest BCUT2D eigenvalue weighted by molar-refractivity contribution is 1.17. The molecule has 0 bridgehead atoms. The second-order valence-electron chi connectivity index (χ2n) is 14.1. The molecule has 0 aliphatic carbocycles. The van der Waals surface area contributed by atoms with Gasteiger partial charge in [-0.15, -0.1) is 0 Å². The molecule has 55 heavy (non-hydrogen) atoms. The van der Waals surface area contributed by atoms with Crippen molar-refractivity contribution in [2.24, 2.45) is 0 Å². The van der Waals surface area contributed by atoms with Crippen molar-refractivity contribution >= 4 is 60.1 Å². The van der Waals surface area contributed by atoms with Crippen LogP contribution in [0.5, 0.6) is 0 Å². The van der Waals surface area contributed by atoms with Crippen LogP contribution in [-0.4, -0.2) is 9.13 Å². The Morgan fingerprint density at radius 3 is 1.71 bits per heavy atom. The van der Waals surface area contributed by atoms with Gasteiger partial charge in [-0.05, 0) is 106 Å². The van der Waals surface area contributed by atoms with Gasteiger partial charge >= 0.3 is 0 Å². The third-order valence-corrected chi connectivity index (χ3v) is 11.0. The fraction of sp³-hybridized carbons (Fsp3) is 0.0189. The summed E-state index contributed by atoms with van der Waals surface area (Å²) in [6, 6.07) is 64.1. The molecule has 2 heteroatoms. The van der Waals surface area contributed by atoms with Gasteiger partial charge in [0.05, 0.1) is 22.1 Å². The molecule has 0 saturated heterocycles. The maximum Gasteiger partial charge on any atom is 0.0789 e. The van der Waals surface area contributed by atoms with Crippen molar-refractivity contribution < 1.29 is 0 Å². The first kappa shape index (κ1) is 32.5. The molecule has 0 unspecified atom stereocenters. The SMILES string of the molecule is C=C/C(=C\C=C/C)n1c2ccccc2c2ccc3c4c5ccccc5ccc4n(-c4ccc(-c5cc(-c6ccccc6)cc(-c6ccccc6)c5)cc4)c3c21. The standard InChI is InChI=1S/C53H38N2/c1-3-5-21-43(4-2)54-49-24-15-14-23-46(49)47-30-31-48-51-45-22-13-12-20-39(45)27-32-50(51)55(53(48)52(47)54)44-28-25-38(26-29-44)42-34-40(36-16-8-6-9-17-36)33-41(35-42)37-18-10-7-11-19-37/h3-35H,2H2,1H3/b5-3-,43-21+. The highest BCUT2D eigenvalue weighted by Crippen LogP contribution is 2.44. The van der Waals surface area contributed by atoms with Crippen LogP contribution in [0.4, 0.5) is 0 Å². The molecule has 2 nitrogen and oxygen atoms in total. The number of para-hydroxylation sites is 1. The number of nitrogens with zero attached hydrogens (tertiary/aromatic N) is 2. The molecule has 0 fully saturated rings. The Morgan fingerprint density at radius 1 is 0.473 bits per heavy atom. The fourth-order valence-corrected chi connectivity index (χ4v) is 8.47. The molecular weight excluding hydrogens is 665 g/mol. The molecule has 0 amide bonds. The summed E-state index contributed by atoms with van der Waals surface area (Å²) in [7, 11) is 0. The number of benzene rings is 8. The van der Waals surface area contributed by atoms with E-state index in [4.69, 9.17) is 0 Å². The van der Waals surface area contributed by atoms with Crippen LogP contribution in [0.15, 0.2) is 207 Å². The third kappa shape index (κ3) is 5.34. The lowest BCUT2D eigenvalue weighted by Crippen LogP contribution is -1.99. The molecule has 0 aliphatic heterocycles. The van der Waals surface area contributed by atoms with Crippen molar-refractivity contribution in [1.29, 1.82) is 0 Å². The molecule has 0 N–H and O–H groups in total. The van der Waals surface area contributed by atoms with Crippen LogP contribution in [0.25, 0.3) is 99.1 Å². The first-order chi connectivity index (χ1) is 27.2. The minimum Gasteiger partial charge on any atom is -0.307 e. The highest BCUT2D eigenvalue weighted by atomic mass is 15.0. The molecule has 2 aromatic heterocycles. The van der Waals surface area contributed by atoms with Gasteiger partial charge in [-0.25, -0.2) is 0 Å². The zero-order valence-electron chi connectivity index (χ0n) is 30.7. The van der Waals surface area contributed by atoms with E-state index in [1.54, 1.807) is 0 Å². The van der Waals surface area contributed by atoms with Gasteiger partial charge in [-0.1, -0.05) is 152 Å². The lowest BCUT2D eigenvalue weighted by Gasteiger charge is -2.14. The maximum atomic E-state index is 4.29. The van der Waals surface area contributed by atoms with Gasteiger partial charge < -0.3 is 9.13 Å². The van der Waals surface area contributed by atoms with Gasteiger partial charge in [0.15, 0.2) is 0 Å². The molecule has 0 radical (unpaired) electrons. The average molecular weight is 703 g/mol. The number of hydrogen-bond acceptors (Lipinski definition) is 0.